The van der Waals surface area contributed by atoms with E-state index in [1.807, 2.05) is 49.4 Å². The van der Waals surface area contributed by atoms with Crippen LogP contribution in [0.3, 0.4) is 0 Å². The van der Waals surface area contributed by atoms with E-state index in [-0.39, 0.29) is 24.0 Å². The molecule has 0 spiro atoms. The average Bonchev–Trinajstić information content (AvgIpc) is 2.64. The Morgan fingerprint density at radius 2 is 1.81 bits per heavy atom. The fourth-order valence-electron chi connectivity index (χ4n) is 3.99. The van der Waals surface area contributed by atoms with Crippen molar-refractivity contribution in [3.8, 4) is 0 Å². The van der Waals surface area contributed by atoms with Crippen molar-refractivity contribution in [2.75, 3.05) is 4.90 Å². The lowest BCUT2D eigenvalue weighted by Crippen LogP contribution is -2.40. The summed E-state index contributed by atoms with van der Waals surface area (Å²) in [5, 5.41) is 0.625. The molecule has 1 amide bonds. The van der Waals surface area contributed by atoms with Crippen LogP contribution in [0, 0.1) is 6.92 Å². The molecule has 27 heavy (non-hydrogen) atoms. The molecular formula is C22H19BrClNO2. The first kappa shape index (κ1) is 18.5. The van der Waals surface area contributed by atoms with Gasteiger partial charge < -0.3 is 0 Å². The molecule has 3 nitrogen and oxygen atoms in total. The summed E-state index contributed by atoms with van der Waals surface area (Å²) in [6, 6.07) is 13.5. The number of anilines is 1. The zero-order valence-corrected chi connectivity index (χ0v) is 17.3. The maximum Gasteiger partial charge on any atom is 0.232 e. The van der Waals surface area contributed by atoms with Crippen molar-refractivity contribution >= 4 is 44.9 Å². The normalized spacial score (nSPS) is 20.1. The predicted molar refractivity (Wildman–Crippen MR) is 111 cm³/mol. The summed E-state index contributed by atoms with van der Waals surface area (Å²) in [5.74, 6) is -0.0123. The minimum atomic E-state index is -0.175. The maximum atomic E-state index is 13.1. The largest absolute Gasteiger partial charge is 0.294 e. The minimum Gasteiger partial charge on any atom is -0.294 e. The Morgan fingerprint density at radius 3 is 2.52 bits per heavy atom. The number of nitrogens with zero attached hydrogens (tertiary/aromatic N) is 1. The van der Waals surface area contributed by atoms with Crippen molar-refractivity contribution in [3.05, 3.63) is 74.4 Å². The van der Waals surface area contributed by atoms with E-state index in [2.05, 4.69) is 15.9 Å². The van der Waals surface area contributed by atoms with Crippen LogP contribution in [0.4, 0.5) is 5.69 Å². The van der Waals surface area contributed by atoms with Gasteiger partial charge in [-0.3, -0.25) is 14.5 Å². The monoisotopic (exact) mass is 443 g/mol. The van der Waals surface area contributed by atoms with E-state index in [4.69, 9.17) is 11.6 Å². The third-order valence-electron chi connectivity index (χ3n) is 5.36. The standard InChI is InChI=1S/C22H19BrClNO2/c1-13-5-10-16(11-18(13)24)25-19-3-2-4-20(26)22(19)17(12-21(25)27)14-6-8-15(23)9-7-14/h5-11,17H,2-4,12H2,1H3. The Bertz CT molecular complexity index is 965. The molecule has 138 valence electrons. The molecule has 4 rings (SSSR count). The van der Waals surface area contributed by atoms with Gasteiger partial charge in [-0.25, -0.2) is 0 Å². The third kappa shape index (κ3) is 3.37. The molecule has 0 aromatic heterocycles. The van der Waals surface area contributed by atoms with Crippen LogP contribution in [0.2, 0.25) is 5.02 Å². The van der Waals surface area contributed by atoms with Gasteiger partial charge in [0.2, 0.25) is 5.91 Å². The number of carbonyl (C=O) groups is 2. The Hall–Kier alpha value is -1.91. The molecule has 2 aliphatic rings. The number of hydrogen-bond acceptors (Lipinski definition) is 2. The molecule has 0 bridgehead atoms. The Kier molecular flexibility index (Phi) is 4.95. The van der Waals surface area contributed by atoms with Gasteiger partial charge in [0.05, 0.1) is 5.69 Å². The van der Waals surface area contributed by atoms with Gasteiger partial charge in [-0.15, -0.1) is 0 Å². The third-order valence-corrected chi connectivity index (χ3v) is 6.30. The van der Waals surface area contributed by atoms with Gasteiger partial charge in [0.15, 0.2) is 5.78 Å². The van der Waals surface area contributed by atoms with Crippen LogP contribution in [0.1, 0.15) is 42.7 Å². The number of ketones is 1. The van der Waals surface area contributed by atoms with Crippen molar-refractivity contribution in [2.24, 2.45) is 0 Å². The molecule has 5 heteroatoms. The smallest absolute Gasteiger partial charge is 0.232 e. The van der Waals surface area contributed by atoms with E-state index >= 15 is 0 Å². The number of amides is 1. The summed E-state index contributed by atoms with van der Waals surface area (Å²) in [5.41, 5.74) is 4.35. The van der Waals surface area contributed by atoms with Crippen molar-refractivity contribution < 1.29 is 9.59 Å². The Labute approximate surface area is 172 Å². The highest BCUT2D eigenvalue weighted by atomic mass is 79.9. The maximum absolute atomic E-state index is 13.1. The molecule has 1 heterocycles. The van der Waals surface area contributed by atoms with Crippen molar-refractivity contribution in [1.29, 1.82) is 0 Å². The van der Waals surface area contributed by atoms with Crippen LogP contribution in [0.5, 0.6) is 0 Å². The molecule has 1 unspecified atom stereocenters. The van der Waals surface area contributed by atoms with Crippen LogP contribution < -0.4 is 4.90 Å². The number of allylic oxidation sites excluding steroid dienone is 2. The topological polar surface area (TPSA) is 37.4 Å². The Morgan fingerprint density at radius 1 is 1.07 bits per heavy atom. The van der Waals surface area contributed by atoms with E-state index in [0.717, 1.165) is 45.4 Å². The fraction of sp³-hybridized carbons (Fsp3) is 0.273. The highest BCUT2D eigenvalue weighted by Crippen LogP contribution is 2.43. The number of aryl methyl sites for hydroxylation is 1. The molecule has 0 radical (unpaired) electrons. The van der Waals surface area contributed by atoms with Crippen LogP contribution in [-0.4, -0.2) is 11.7 Å². The SMILES string of the molecule is Cc1ccc(N2C(=O)CC(c3ccc(Br)cc3)C3=C2CCCC3=O)cc1Cl. The Balaban J connectivity index is 1.85. The summed E-state index contributed by atoms with van der Waals surface area (Å²) in [6.45, 7) is 1.93. The molecular weight excluding hydrogens is 426 g/mol. The molecule has 0 saturated carbocycles. The van der Waals surface area contributed by atoms with Gasteiger partial charge in [-0.2, -0.15) is 0 Å². The first-order chi connectivity index (χ1) is 13.0. The molecule has 1 aliphatic carbocycles. The molecule has 1 atom stereocenters. The van der Waals surface area contributed by atoms with Crippen LogP contribution in [0.25, 0.3) is 0 Å². The van der Waals surface area contributed by atoms with Gasteiger partial charge in [0, 0.05) is 39.5 Å². The summed E-state index contributed by atoms with van der Waals surface area (Å²) >= 11 is 9.75. The second-order valence-corrected chi connectivity index (χ2v) is 8.43. The number of carbonyl (C=O) groups excluding carboxylic acids is 2. The number of halogens is 2. The predicted octanol–water partition coefficient (Wildman–Crippen LogP) is 5.94. The summed E-state index contributed by atoms with van der Waals surface area (Å²) in [6.07, 6.45) is 2.33. The zero-order valence-electron chi connectivity index (χ0n) is 15.0. The van der Waals surface area contributed by atoms with Crippen molar-refractivity contribution in [3.63, 3.8) is 0 Å². The number of Topliss-reactive ketones (excluding diaryl/α,β-unsaturated/α-hetero) is 1. The summed E-state index contributed by atoms with van der Waals surface area (Å²) in [7, 11) is 0. The molecule has 0 fully saturated rings. The number of benzene rings is 2. The molecule has 1 aliphatic heterocycles. The van der Waals surface area contributed by atoms with Crippen LogP contribution in [0.15, 0.2) is 58.2 Å². The molecule has 0 saturated heterocycles. The van der Waals surface area contributed by atoms with E-state index < -0.39 is 0 Å². The van der Waals surface area contributed by atoms with Gasteiger partial charge in [0.1, 0.15) is 0 Å². The van der Waals surface area contributed by atoms with E-state index in [9.17, 15) is 9.59 Å². The second-order valence-electron chi connectivity index (χ2n) is 7.11. The summed E-state index contributed by atoms with van der Waals surface area (Å²) in [4.78, 5) is 27.7. The first-order valence-corrected chi connectivity index (χ1v) is 10.2. The second kappa shape index (κ2) is 7.25. The van der Waals surface area contributed by atoms with Gasteiger partial charge in [0.25, 0.3) is 0 Å². The lowest BCUT2D eigenvalue weighted by molar-refractivity contribution is -0.119. The first-order valence-electron chi connectivity index (χ1n) is 9.06. The number of hydrogen-bond donors (Lipinski definition) is 0. The van der Waals surface area contributed by atoms with Crippen molar-refractivity contribution in [2.45, 2.75) is 38.5 Å². The molecule has 2 aromatic rings. The minimum absolute atomic E-state index is 0.0105. The van der Waals surface area contributed by atoms with Crippen molar-refractivity contribution in [1.82, 2.24) is 0 Å². The van der Waals surface area contributed by atoms with Crippen LogP contribution in [-0.2, 0) is 9.59 Å². The van der Waals surface area contributed by atoms with Gasteiger partial charge >= 0.3 is 0 Å². The quantitative estimate of drug-likeness (QED) is 0.575. The fourth-order valence-corrected chi connectivity index (χ4v) is 4.43. The van der Waals surface area contributed by atoms with E-state index in [1.54, 1.807) is 4.90 Å². The lowest BCUT2D eigenvalue weighted by atomic mass is 9.77. The molecule has 2 aromatic carbocycles. The van der Waals surface area contributed by atoms with E-state index in [0.29, 0.717) is 11.4 Å². The zero-order chi connectivity index (χ0) is 19.1. The highest BCUT2D eigenvalue weighted by Gasteiger charge is 2.39. The van der Waals surface area contributed by atoms with Crippen LogP contribution >= 0.6 is 27.5 Å². The lowest BCUT2D eigenvalue weighted by Gasteiger charge is -2.38. The average molecular weight is 445 g/mol. The molecule has 0 N–H and O–H groups in total. The summed E-state index contributed by atoms with van der Waals surface area (Å²) < 4.78 is 0.980. The van der Waals surface area contributed by atoms with Gasteiger partial charge in [-0.1, -0.05) is 45.7 Å². The highest BCUT2D eigenvalue weighted by molar-refractivity contribution is 9.10. The van der Waals surface area contributed by atoms with E-state index in [1.165, 1.54) is 0 Å². The number of rotatable bonds is 2. The van der Waals surface area contributed by atoms with Gasteiger partial charge in [-0.05, 0) is 55.2 Å².